The number of rotatable bonds is 3. The quantitative estimate of drug-likeness (QED) is 0.807. The number of halogens is 1. The molecule has 0 N–H and O–H groups in total. The normalized spacial score (nSPS) is 15.9. The lowest BCUT2D eigenvalue weighted by molar-refractivity contribution is 0.811. The van der Waals surface area contributed by atoms with Crippen LogP contribution in [0.15, 0.2) is 16.7 Å². The molecule has 3 rings (SSSR count). The van der Waals surface area contributed by atoms with Crippen molar-refractivity contribution in [2.75, 3.05) is 0 Å². The van der Waals surface area contributed by atoms with E-state index < -0.39 is 0 Å². The van der Waals surface area contributed by atoms with Gasteiger partial charge in [-0.25, -0.2) is 9.50 Å². The summed E-state index contributed by atoms with van der Waals surface area (Å²) in [4.78, 5) is 4.56. The summed E-state index contributed by atoms with van der Waals surface area (Å²) in [5.74, 6) is 1.70. The topological polar surface area (TPSA) is 30.2 Å². The van der Waals surface area contributed by atoms with Gasteiger partial charge in [0, 0.05) is 6.42 Å². The van der Waals surface area contributed by atoms with Crippen LogP contribution >= 0.6 is 15.9 Å². The summed E-state index contributed by atoms with van der Waals surface area (Å²) >= 11 is 3.57. The Kier molecular flexibility index (Phi) is 2.46. The third-order valence-electron chi connectivity index (χ3n) is 2.98. The fourth-order valence-electron chi connectivity index (χ4n) is 1.99. The highest BCUT2D eigenvalue weighted by molar-refractivity contribution is 9.10. The molecule has 0 amide bonds. The lowest BCUT2D eigenvalue weighted by atomic mass is 10.2. The fraction of sp³-hybridized carbons (Fsp3) is 0.500. The highest BCUT2D eigenvalue weighted by Crippen LogP contribution is 2.41. The van der Waals surface area contributed by atoms with Gasteiger partial charge in [0.25, 0.3) is 0 Å². The SMILES string of the molecule is CCCc1nc2cc(C3CC3)cc(Br)n2n1. The average molecular weight is 280 g/mol. The molecule has 0 unspecified atom stereocenters. The third-order valence-corrected chi connectivity index (χ3v) is 3.55. The third kappa shape index (κ3) is 1.75. The second-order valence-corrected chi connectivity index (χ2v) is 5.25. The predicted octanol–water partition coefficient (Wildman–Crippen LogP) is 3.32. The summed E-state index contributed by atoms with van der Waals surface area (Å²) in [6, 6.07) is 4.35. The van der Waals surface area contributed by atoms with E-state index in [1.165, 1.54) is 18.4 Å². The molecular formula is C12H14BrN3. The zero-order chi connectivity index (χ0) is 11.1. The fourth-order valence-corrected chi connectivity index (χ4v) is 2.52. The minimum atomic E-state index is 0.757. The van der Waals surface area contributed by atoms with Gasteiger partial charge in [-0.1, -0.05) is 6.92 Å². The molecule has 1 fully saturated rings. The molecule has 3 nitrogen and oxygen atoms in total. The van der Waals surface area contributed by atoms with E-state index in [9.17, 15) is 0 Å². The Balaban J connectivity index is 2.10. The molecule has 1 aliphatic rings. The van der Waals surface area contributed by atoms with Crippen LogP contribution in [-0.4, -0.2) is 14.6 Å². The molecule has 4 heteroatoms. The van der Waals surface area contributed by atoms with Crippen molar-refractivity contribution < 1.29 is 0 Å². The van der Waals surface area contributed by atoms with Crippen LogP contribution in [0, 0.1) is 0 Å². The first kappa shape index (κ1) is 10.3. The van der Waals surface area contributed by atoms with Crippen molar-refractivity contribution in [3.05, 3.63) is 28.1 Å². The Hall–Kier alpha value is -0.900. The molecule has 0 atom stereocenters. The van der Waals surface area contributed by atoms with Gasteiger partial charge in [-0.3, -0.25) is 0 Å². The lowest BCUT2D eigenvalue weighted by Gasteiger charge is -2.00. The Morgan fingerprint density at radius 1 is 1.44 bits per heavy atom. The van der Waals surface area contributed by atoms with Crippen LogP contribution in [0.1, 0.15) is 43.5 Å². The second-order valence-electron chi connectivity index (χ2n) is 4.43. The molecule has 0 spiro atoms. The highest BCUT2D eigenvalue weighted by Gasteiger charge is 2.24. The Bertz CT molecular complexity index is 528. The van der Waals surface area contributed by atoms with Crippen molar-refractivity contribution in [2.24, 2.45) is 0 Å². The first-order chi connectivity index (χ1) is 7.78. The smallest absolute Gasteiger partial charge is 0.157 e. The Labute approximate surface area is 103 Å². The first-order valence-electron chi connectivity index (χ1n) is 5.83. The van der Waals surface area contributed by atoms with Gasteiger partial charge in [0.2, 0.25) is 0 Å². The number of aromatic nitrogens is 3. The van der Waals surface area contributed by atoms with Crippen LogP contribution in [0.3, 0.4) is 0 Å². The summed E-state index contributed by atoms with van der Waals surface area (Å²) in [5, 5.41) is 4.48. The van der Waals surface area contributed by atoms with E-state index in [0.29, 0.717) is 0 Å². The summed E-state index contributed by atoms with van der Waals surface area (Å²) < 4.78 is 2.90. The van der Waals surface area contributed by atoms with Crippen molar-refractivity contribution in [2.45, 2.75) is 38.5 Å². The summed E-state index contributed by atoms with van der Waals surface area (Å²) in [5.41, 5.74) is 2.37. The first-order valence-corrected chi connectivity index (χ1v) is 6.62. The zero-order valence-electron chi connectivity index (χ0n) is 9.28. The van der Waals surface area contributed by atoms with Crippen molar-refractivity contribution >= 4 is 21.6 Å². The van der Waals surface area contributed by atoms with Gasteiger partial charge >= 0.3 is 0 Å². The van der Waals surface area contributed by atoms with Gasteiger partial charge in [0.1, 0.15) is 4.60 Å². The summed E-state index contributed by atoms with van der Waals surface area (Å²) in [7, 11) is 0. The van der Waals surface area contributed by atoms with Crippen LogP contribution in [0.5, 0.6) is 0 Å². The van der Waals surface area contributed by atoms with E-state index in [0.717, 1.165) is 34.8 Å². The highest BCUT2D eigenvalue weighted by atomic mass is 79.9. The van der Waals surface area contributed by atoms with E-state index in [1.807, 2.05) is 4.52 Å². The number of hydrogen-bond acceptors (Lipinski definition) is 2. The molecule has 2 heterocycles. The van der Waals surface area contributed by atoms with E-state index in [4.69, 9.17) is 0 Å². The van der Waals surface area contributed by atoms with Gasteiger partial charge < -0.3 is 0 Å². The Morgan fingerprint density at radius 3 is 2.94 bits per heavy atom. The van der Waals surface area contributed by atoms with Crippen LogP contribution in [0.25, 0.3) is 5.65 Å². The van der Waals surface area contributed by atoms with E-state index >= 15 is 0 Å². The average Bonchev–Trinajstić information content (AvgIpc) is 3.01. The van der Waals surface area contributed by atoms with E-state index in [-0.39, 0.29) is 0 Å². The minimum absolute atomic E-state index is 0.757. The van der Waals surface area contributed by atoms with Crippen molar-refractivity contribution in [1.29, 1.82) is 0 Å². The molecule has 0 saturated heterocycles. The van der Waals surface area contributed by atoms with Crippen LogP contribution in [-0.2, 0) is 6.42 Å². The molecule has 2 aromatic rings. The maximum atomic E-state index is 4.56. The molecule has 0 bridgehead atoms. The number of aryl methyl sites for hydroxylation is 1. The van der Waals surface area contributed by atoms with Gasteiger partial charge in [-0.15, -0.1) is 0 Å². The molecule has 16 heavy (non-hydrogen) atoms. The molecule has 2 aromatic heterocycles. The van der Waals surface area contributed by atoms with Gasteiger partial charge in [-0.05, 0) is 58.8 Å². The summed E-state index contributed by atoms with van der Waals surface area (Å²) in [6.07, 6.45) is 4.67. The molecule has 1 saturated carbocycles. The maximum Gasteiger partial charge on any atom is 0.157 e. The Morgan fingerprint density at radius 2 is 2.25 bits per heavy atom. The number of pyridine rings is 1. The predicted molar refractivity (Wildman–Crippen MR) is 66.7 cm³/mol. The zero-order valence-corrected chi connectivity index (χ0v) is 10.9. The van der Waals surface area contributed by atoms with Crippen molar-refractivity contribution in [3.8, 4) is 0 Å². The monoisotopic (exact) mass is 279 g/mol. The molecule has 1 aliphatic carbocycles. The second kappa shape index (κ2) is 3.84. The lowest BCUT2D eigenvalue weighted by Crippen LogP contribution is -1.93. The van der Waals surface area contributed by atoms with Gasteiger partial charge in [-0.2, -0.15) is 5.10 Å². The largest absolute Gasteiger partial charge is 0.212 e. The molecule has 0 aliphatic heterocycles. The van der Waals surface area contributed by atoms with Crippen LogP contribution in [0.4, 0.5) is 0 Å². The minimum Gasteiger partial charge on any atom is -0.212 e. The van der Waals surface area contributed by atoms with E-state index in [2.05, 4.69) is 45.1 Å². The van der Waals surface area contributed by atoms with Gasteiger partial charge in [0.05, 0.1) is 0 Å². The molecule has 0 aromatic carbocycles. The van der Waals surface area contributed by atoms with Gasteiger partial charge in [0.15, 0.2) is 11.5 Å². The van der Waals surface area contributed by atoms with Crippen molar-refractivity contribution in [3.63, 3.8) is 0 Å². The number of nitrogens with zero attached hydrogens (tertiary/aromatic N) is 3. The summed E-state index contributed by atoms with van der Waals surface area (Å²) in [6.45, 7) is 2.15. The molecule has 84 valence electrons. The molecule has 0 radical (unpaired) electrons. The standard InChI is InChI=1S/C12H14BrN3/c1-2-3-11-14-12-7-9(8-4-5-8)6-10(13)16(12)15-11/h6-8H,2-5H2,1H3. The van der Waals surface area contributed by atoms with Crippen LogP contribution < -0.4 is 0 Å². The maximum absolute atomic E-state index is 4.56. The van der Waals surface area contributed by atoms with Crippen LogP contribution in [0.2, 0.25) is 0 Å². The molecular weight excluding hydrogens is 266 g/mol. The number of hydrogen-bond donors (Lipinski definition) is 0. The van der Waals surface area contributed by atoms with Crippen molar-refractivity contribution in [1.82, 2.24) is 14.6 Å². The number of fused-ring (bicyclic) bond motifs is 1. The van der Waals surface area contributed by atoms with E-state index in [1.54, 1.807) is 0 Å².